The maximum absolute atomic E-state index is 10.8. The fourth-order valence-electron chi connectivity index (χ4n) is 0.626. The van der Waals surface area contributed by atoms with Crippen molar-refractivity contribution in [1.82, 2.24) is 4.98 Å². The standard InChI is InChI=1S/C7H6Cl2N2O.ClH/c8-3-7(12)11-6-2-1-5(9)4-10-6;/h1-2,4H,3H2,(H,10,11,12);1H. The van der Waals surface area contributed by atoms with Crippen molar-refractivity contribution in [2.24, 2.45) is 0 Å². The Balaban J connectivity index is 0.00000144. The van der Waals surface area contributed by atoms with Crippen LogP contribution in [-0.4, -0.2) is 16.8 Å². The van der Waals surface area contributed by atoms with E-state index >= 15 is 0 Å². The molecule has 0 bridgehead atoms. The average molecular weight is 242 g/mol. The van der Waals surface area contributed by atoms with E-state index in [9.17, 15) is 4.79 Å². The van der Waals surface area contributed by atoms with Crippen molar-refractivity contribution in [2.45, 2.75) is 0 Å². The topological polar surface area (TPSA) is 42.0 Å². The van der Waals surface area contributed by atoms with E-state index in [2.05, 4.69) is 10.3 Å². The number of hydrogen-bond acceptors (Lipinski definition) is 2. The molecular weight excluding hydrogens is 234 g/mol. The van der Waals surface area contributed by atoms with Gasteiger partial charge in [-0.1, -0.05) is 11.6 Å². The quantitative estimate of drug-likeness (QED) is 0.808. The predicted molar refractivity (Wildman–Crippen MR) is 55.8 cm³/mol. The van der Waals surface area contributed by atoms with Gasteiger partial charge in [-0.3, -0.25) is 4.79 Å². The van der Waals surface area contributed by atoms with Gasteiger partial charge in [0.15, 0.2) is 0 Å². The van der Waals surface area contributed by atoms with Crippen molar-refractivity contribution in [2.75, 3.05) is 11.2 Å². The third kappa shape index (κ3) is 4.31. The van der Waals surface area contributed by atoms with Crippen molar-refractivity contribution >= 4 is 47.3 Å². The molecular formula is C7H7Cl3N2O. The second-order valence-corrected chi connectivity index (χ2v) is 2.75. The number of alkyl halides is 1. The summed E-state index contributed by atoms with van der Waals surface area (Å²) in [4.78, 5) is 14.6. The lowest BCUT2D eigenvalue weighted by Crippen LogP contribution is -2.13. The van der Waals surface area contributed by atoms with Gasteiger partial charge < -0.3 is 5.32 Å². The highest BCUT2D eigenvalue weighted by atomic mass is 35.5. The highest BCUT2D eigenvalue weighted by Crippen LogP contribution is 2.09. The van der Waals surface area contributed by atoms with Crippen LogP contribution in [-0.2, 0) is 4.79 Å². The van der Waals surface area contributed by atoms with Crippen molar-refractivity contribution in [3.63, 3.8) is 0 Å². The molecule has 1 heterocycles. The summed E-state index contributed by atoms with van der Waals surface area (Å²) < 4.78 is 0. The first-order chi connectivity index (χ1) is 5.72. The number of anilines is 1. The number of amides is 1. The minimum Gasteiger partial charge on any atom is -0.310 e. The fraction of sp³-hybridized carbons (Fsp3) is 0.143. The molecule has 0 saturated carbocycles. The molecule has 0 aromatic carbocycles. The Morgan fingerprint density at radius 1 is 1.54 bits per heavy atom. The SMILES string of the molecule is Cl.O=C(CCl)Nc1ccc(Cl)cn1. The summed E-state index contributed by atoms with van der Waals surface area (Å²) in [5, 5.41) is 3.00. The smallest absolute Gasteiger partial charge is 0.240 e. The van der Waals surface area contributed by atoms with Gasteiger partial charge in [0.25, 0.3) is 0 Å². The third-order valence-electron chi connectivity index (χ3n) is 1.12. The monoisotopic (exact) mass is 240 g/mol. The molecule has 1 aromatic heterocycles. The molecule has 1 rings (SSSR count). The van der Waals surface area contributed by atoms with Crippen molar-refractivity contribution in [3.05, 3.63) is 23.4 Å². The van der Waals surface area contributed by atoms with E-state index in [4.69, 9.17) is 23.2 Å². The first kappa shape index (κ1) is 12.5. The minimum absolute atomic E-state index is 0. The second kappa shape index (κ2) is 6.02. The molecule has 13 heavy (non-hydrogen) atoms. The van der Waals surface area contributed by atoms with E-state index in [-0.39, 0.29) is 24.2 Å². The lowest BCUT2D eigenvalue weighted by atomic mass is 10.4. The van der Waals surface area contributed by atoms with Crippen LogP contribution in [0, 0.1) is 0 Å². The summed E-state index contributed by atoms with van der Waals surface area (Å²) in [5.41, 5.74) is 0. The van der Waals surface area contributed by atoms with E-state index in [0.29, 0.717) is 10.8 Å². The lowest BCUT2D eigenvalue weighted by Gasteiger charge is -2.00. The van der Waals surface area contributed by atoms with Gasteiger partial charge >= 0.3 is 0 Å². The summed E-state index contributed by atoms with van der Waals surface area (Å²) in [6.45, 7) is 0. The number of aromatic nitrogens is 1. The Morgan fingerprint density at radius 2 is 2.23 bits per heavy atom. The molecule has 0 fully saturated rings. The molecule has 0 saturated heterocycles. The van der Waals surface area contributed by atoms with Gasteiger partial charge in [-0.25, -0.2) is 4.98 Å². The van der Waals surface area contributed by atoms with Crippen LogP contribution in [0.2, 0.25) is 5.02 Å². The van der Waals surface area contributed by atoms with Gasteiger partial charge in [-0.15, -0.1) is 24.0 Å². The summed E-state index contributed by atoms with van der Waals surface area (Å²) in [5.74, 6) is 0.0844. The molecule has 0 atom stereocenters. The van der Waals surface area contributed by atoms with Crippen LogP contribution in [0.25, 0.3) is 0 Å². The Bertz CT molecular complexity index is 276. The highest BCUT2D eigenvalue weighted by molar-refractivity contribution is 6.30. The van der Waals surface area contributed by atoms with E-state index in [1.165, 1.54) is 6.20 Å². The number of pyridine rings is 1. The van der Waals surface area contributed by atoms with E-state index in [1.54, 1.807) is 12.1 Å². The van der Waals surface area contributed by atoms with Crippen LogP contribution in [0.15, 0.2) is 18.3 Å². The number of rotatable bonds is 2. The number of carbonyl (C=O) groups is 1. The van der Waals surface area contributed by atoms with Gasteiger partial charge in [0.05, 0.1) is 5.02 Å². The van der Waals surface area contributed by atoms with Crippen LogP contribution in [0.5, 0.6) is 0 Å². The highest BCUT2D eigenvalue weighted by Gasteiger charge is 1.99. The number of nitrogens with zero attached hydrogens (tertiary/aromatic N) is 1. The first-order valence-electron chi connectivity index (χ1n) is 3.20. The maximum Gasteiger partial charge on any atom is 0.240 e. The third-order valence-corrected chi connectivity index (χ3v) is 1.58. The van der Waals surface area contributed by atoms with Crippen LogP contribution < -0.4 is 5.32 Å². The molecule has 0 radical (unpaired) electrons. The first-order valence-corrected chi connectivity index (χ1v) is 4.11. The fourth-order valence-corrected chi connectivity index (χ4v) is 0.805. The Morgan fingerprint density at radius 3 is 2.69 bits per heavy atom. The van der Waals surface area contributed by atoms with E-state index < -0.39 is 0 Å². The predicted octanol–water partition coefficient (Wildman–Crippen LogP) is 2.33. The normalized spacial score (nSPS) is 8.77. The number of carbonyl (C=O) groups excluding carboxylic acids is 1. The van der Waals surface area contributed by atoms with Crippen molar-refractivity contribution < 1.29 is 4.79 Å². The van der Waals surface area contributed by atoms with Gasteiger partial charge in [-0.05, 0) is 12.1 Å². The molecule has 1 aromatic rings. The van der Waals surface area contributed by atoms with Crippen LogP contribution in [0.4, 0.5) is 5.82 Å². The molecule has 0 unspecified atom stereocenters. The Hall–Kier alpha value is -0.510. The Labute approximate surface area is 91.9 Å². The van der Waals surface area contributed by atoms with Crippen molar-refractivity contribution in [1.29, 1.82) is 0 Å². The molecule has 0 aliphatic heterocycles. The molecule has 6 heteroatoms. The zero-order chi connectivity index (χ0) is 8.97. The van der Waals surface area contributed by atoms with E-state index in [1.807, 2.05) is 0 Å². The van der Waals surface area contributed by atoms with Crippen molar-refractivity contribution in [3.8, 4) is 0 Å². The molecule has 72 valence electrons. The van der Waals surface area contributed by atoms with Crippen LogP contribution in [0.1, 0.15) is 0 Å². The Kier molecular flexibility index (Phi) is 5.79. The van der Waals surface area contributed by atoms with Gasteiger partial charge in [0.2, 0.25) is 5.91 Å². The zero-order valence-corrected chi connectivity index (χ0v) is 8.79. The lowest BCUT2D eigenvalue weighted by molar-refractivity contribution is -0.113. The number of hydrogen-bond donors (Lipinski definition) is 1. The summed E-state index contributed by atoms with van der Waals surface area (Å²) in [6, 6.07) is 3.24. The molecule has 3 nitrogen and oxygen atoms in total. The number of halogens is 3. The number of nitrogens with one attached hydrogen (secondary N) is 1. The van der Waals surface area contributed by atoms with Gasteiger partial charge in [0.1, 0.15) is 11.7 Å². The molecule has 0 aliphatic carbocycles. The minimum atomic E-state index is -0.286. The molecule has 1 N–H and O–H groups in total. The second-order valence-electron chi connectivity index (χ2n) is 2.04. The zero-order valence-electron chi connectivity index (χ0n) is 6.46. The summed E-state index contributed by atoms with van der Waals surface area (Å²) in [6.07, 6.45) is 1.45. The molecule has 1 amide bonds. The van der Waals surface area contributed by atoms with Crippen LogP contribution >= 0.6 is 35.6 Å². The average Bonchev–Trinajstić information content (AvgIpc) is 2.09. The maximum atomic E-state index is 10.8. The van der Waals surface area contributed by atoms with Gasteiger partial charge in [-0.2, -0.15) is 0 Å². The molecule has 0 aliphatic rings. The van der Waals surface area contributed by atoms with E-state index in [0.717, 1.165) is 0 Å². The largest absolute Gasteiger partial charge is 0.310 e. The summed E-state index contributed by atoms with van der Waals surface area (Å²) in [7, 11) is 0. The summed E-state index contributed by atoms with van der Waals surface area (Å²) >= 11 is 10.8. The molecule has 0 spiro atoms. The van der Waals surface area contributed by atoms with Gasteiger partial charge in [0, 0.05) is 6.20 Å². The van der Waals surface area contributed by atoms with Crippen LogP contribution in [0.3, 0.4) is 0 Å².